The normalized spacial score (nSPS) is 11.8. The van der Waals surface area contributed by atoms with E-state index in [0.29, 0.717) is 17.5 Å². The molecule has 0 aliphatic rings. The van der Waals surface area contributed by atoms with Crippen LogP contribution < -0.4 is 0 Å². The van der Waals surface area contributed by atoms with E-state index in [4.69, 9.17) is 23.8 Å². The van der Waals surface area contributed by atoms with Gasteiger partial charge in [-0.3, -0.25) is 0 Å². The lowest BCUT2D eigenvalue weighted by Gasteiger charge is -2.12. The number of aromatic nitrogens is 3. The third kappa shape index (κ3) is 5.29. The Morgan fingerprint density at radius 3 is 1.74 bits per heavy atom. The van der Waals surface area contributed by atoms with Gasteiger partial charge in [-0.25, -0.2) is 15.0 Å². The van der Waals surface area contributed by atoms with Gasteiger partial charge in [0.1, 0.15) is 22.3 Å². The van der Waals surface area contributed by atoms with E-state index in [0.717, 1.165) is 104 Å². The quantitative estimate of drug-likeness (QED) is 0.176. The highest BCUT2D eigenvalue weighted by Gasteiger charge is 2.22. The zero-order valence-corrected chi connectivity index (χ0v) is 31.1. The Morgan fingerprint density at radius 1 is 0.293 bits per heavy atom. The van der Waals surface area contributed by atoms with Crippen molar-refractivity contribution in [3.63, 3.8) is 0 Å². The molecule has 0 bridgehead atoms. The van der Waals surface area contributed by atoms with E-state index >= 15 is 0 Å². The van der Waals surface area contributed by atoms with Crippen LogP contribution in [0, 0.1) is 0 Å². The van der Waals surface area contributed by atoms with Gasteiger partial charge in [0.15, 0.2) is 17.5 Å². The molecule has 0 aliphatic heterocycles. The fourth-order valence-corrected chi connectivity index (χ4v) is 8.42. The zero-order valence-electron chi connectivity index (χ0n) is 31.1. The number of benzene rings is 9. The molecule has 3 aromatic heterocycles. The number of furan rings is 2. The molecule has 0 amide bonds. The summed E-state index contributed by atoms with van der Waals surface area (Å²) < 4.78 is 13.3. The Morgan fingerprint density at radius 2 is 0.897 bits per heavy atom. The van der Waals surface area contributed by atoms with Crippen LogP contribution in [0.25, 0.3) is 122 Å². The first-order chi connectivity index (χ1) is 28.7. The second-order valence-electron chi connectivity index (χ2n) is 14.8. The van der Waals surface area contributed by atoms with Gasteiger partial charge in [0.2, 0.25) is 0 Å². The second-order valence-corrected chi connectivity index (χ2v) is 14.8. The van der Waals surface area contributed by atoms with E-state index in [1.165, 1.54) is 0 Å². The summed E-state index contributed by atoms with van der Waals surface area (Å²) in [4.78, 5) is 15.7. The molecule has 5 nitrogen and oxygen atoms in total. The predicted octanol–water partition coefficient (Wildman–Crippen LogP) is 14.3. The number of fused-ring (bicyclic) bond motifs is 8. The molecule has 58 heavy (non-hydrogen) atoms. The number of rotatable bonds is 5. The molecule has 0 atom stereocenters. The lowest BCUT2D eigenvalue weighted by atomic mass is 9.95. The topological polar surface area (TPSA) is 65.0 Å². The van der Waals surface area contributed by atoms with Crippen LogP contribution in [0.3, 0.4) is 0 Å². The maximum absolute atomic E-state index is 6.93. The van der Waals surface area contributed by atoms with Gasteiger partial charge in [-0.1, -0.05) is 133 Å². The number of nitrogens with zero attached hydrogens (tertiary/aromatic N) is 3. The summed E-state index contributed by atoms with van der Waals surface area (Å²) in [6.45, 7) is 0. The van der Waals surface area contributed by atoms with Gasteiger partial charge in [-0.15, -0.1) is 0 Å². The van der Waals surface area contributed by atoms with Crippen LogP contribution in [0.5, 0.6) is 0 Å². The van der Waals surface area contributed by atoms with Crippen molar-refractivity contribution in [3.8, 4) is 56.4 Å². The largest absolute Gasteiger partial charge is 0.456 e. The van der Waals surface area contributed by atoms with E-state index < -0.39 is 0 Å². The average Bonchev–Trinajstić information content (AvgIpc) is 3.86. The van der Waals surface area contributed by atoms with Crippen LogP contribution in [-0.4, -0.2) is 15.0 Å². The fraction of sp³-hybridized carbons (Fsp3) is 0. The first kappa shape index (κ1) is 32.4. The molecule has 0 aliphatic carbocycles. The van der Waals surface area contributed by atoms with E-state index in [-0.39, 0.29) is 0 Å². The van der Waals surface area contributed by atoms with Gasteiger partial charge in [-0.2, -0.15) is 0 Å². The zero-order chi connectivity index (χ0) is 38.2. The molecule has 12 aromatic rings. The van der Waals surface area contributed by atoms with Crippen LogP contribution in [0.15, 0.2) is 197 Å². The van der Waals surface area contributed by atoms with Crippen molar-refractivity contribution in [1.82, 2.24) is 15.0 Å². The van der Waals surface area contributed by atoms with Gasteiger partial charge in [-0.05, 0) is 92.8 Å². The van der Waals surface area contributed by atoms with Crippen LogP contribution in [0.1, 0.15) is 0 Å². The summed E-state index contributed by atoms with van der Waals surface area (Å²) in [5.74, 6) is 1.70. The van der Waals surface area contributed by atoms with Crippen molar-refractivity contribution >= 4 is 65.4 Å². The van der Waals surface area contributed by atoms with Crippen molar-refractivity contribution in [3.05, 3.63) is 188 Å². The summed E-state index contributed by atoms with van der Waals surface area (Å²) in [6, 6.07) is 65.2. The molecular weight excluding hydrogens is 711 g/mol. The van der Waals surface area contributed by atoms with E-state index in [2.05, 4.69) is 158 Å². The van der Waals surface area contributed by atoms with Gasteiger partial charge >= 0.3 is 0 Å². The Balaban J connectivity index is 1.12. The van der Waals surface area contributed by atoms with Gasteiger partial charge in [0.25, 0.3) is 0 Å². The Hall–Kier alpha value is -7.89. The van der Waals surface area contributed by atoms with Crippen LogP contribution in [-0.2, 0) is 0 Å². The summed E-state index contributed by atoms with van der Waals surface area (Å²) in [5.41, 5.74) is 10.2. The molecule has 12 rings (SSSR count). The lowest BCUT2D eigenvalue weighted by molar-refractivity contribution is 0.669. The molecule has 3 heterocycles. The monoisotopic (exact) mass is 741 g/mol. The molecule has 270 valence electrons. The highest BCUT2D eigenvalue weighted by atomic mass is 16.3. The van der Waals surface area contributed by atoms with Crippen molar-refractivity contribution in [2.24, 2.45) is 0 Å². The minimum Gasteiger partial charge on any atom is -0.456 e. The molecule has 0 saturated heterocycles. The SMILES string of the molecule is c1ccc(-c2cccc(-c3ccc(-c4nc(-c5ccc6ccccc6c5)nc(-c5ccc6c(c5)oc5ccccc56)n4)c4c3oc3cc5ccccc5cc34)c2)cc1. The van der Waals surface area contributed by atoms with Gasteiger partial charge < -0.3 is 8.83 Å². The molecule has 0 unspecified atom stereocenters. The van der Waals surface area contributed by atoms with Crippen LogP contribution >= 0.6 is 0 Å². The smallest absolute Gasteiger partial charge is 0.164 e. The minimum atomic E-state index is 0.557. The summed E-state index contributed by atoms with van der Waals surface area (Å²) >= 11 is 0. The third-order valence-electron chi connectivity index (χ3n) is 11.3. The highest BCUT2D eigenvalue weighted by Crippen LogP contribution is 2.43. The first-order valence-corrected chi connectivity index (χ1v) is 19.4. The maximum atomic E-state index is 6.93. The standard InChI is InChI=1S/C53H31N3O2/c1-2-11-32(12-3-1)35-17-10-18-38(27-35)41-25-26-44(49-45-29-36-15-6-7-16-37(36)30-48(45)58-50(41)49)53-55-51(39-22-21-33-13-4-5-14-34(33)28-39)54-52(56-53)40-23-24-43-42-19-8-9-20-46(42)57-47(43)31-40/h1-31H. The van der Waals surface area contributed by atoms with Crippen molar-refractivity contribution in [2.75, 3.05) is 0 Å². The number of para-hydroxylation sites is 1. The molecule has 0 N–H and O–H groups in total. The Bertz CT molecular complexity index is 3580. The van der Waals surface area contributed by atoms with Crippen molar-refractivity contribution in [2.45, 2.75) is 0 Å². The molecule has 0 spiro atoms. The molecule has 9 aromatic carbocycles. The minimum absolute atomic E-state index is 0.557. The van der Waals surface area contributed by atoms with Crippen LogP contribution in [0.4, 0.5) is 0 Å². The molecule has 0 radical (unpaired) electrons. The molecule has 5 heteroatoms. The third-order valence-corrected chi connectivity index (χ3v) is 11.3. The lowest BCUT2D eigenvalue weighted by Crippen LogP contribution is -2.00. The summed E-state index contributed by atoms with van der Waals surface area (Å²) in [5, 5.41) is 8.60. The predicted molar refractivity (Wildman–Crippen MR) is 237 cm³/mol. The fourth-order valence-electron chi connectivity index (χ4n) is 8.42. The Kier molecular flexibility index (Phi) is 7.16. The van der Waals surface area contributed by atoms with Gasteiger partial charge in [0, 0.05) is 43.8 Å². The van der Waals surface area contributed by atoms with Crippen LogP contribution in [0.2, 0.25) is 0 Å². The highest BCUT2D eigenvalue weighted by molar-refractivity contribution is 6.18. The summed E-state index contributed by atoms with van der Waals surface area (Å²) in [7, 11) is 0. The first-order valence-electron chi connectivity index (χ1n) is 19.4. The summed E-state index contributed by atoms with van der Waals surface area (Å²) in [6.07, 6.45) is 0. The van der Waals surface area contributed by atoms with E-state index in [1.807, 2.05) is 30.3 Å². The Labute approximate surface area is 332 Å². The van der Waals surface area contributed by atoms with E-state index in [1.54, 1.807) is 0 Å². The second kappa shape index (κ2) is 12.8. The molecule has 0 fully saturated rings. The van der Waals surface area contributed by atoms with E-state index in [9.17, 15) is 0 Å². The molecule has 0 saturated carbocycles. The number of hydrogen-bond acceptors (Lipinski definition) is 5. The van der Waals surface area contributed by atoms with Gasteiger partial charge in [0.05, 0.1) is 0 Å². The number of hydrogen-bond donors (Lipinski definition) is 0. The van der Waals surface area contributed by atoms with Crippen molar-refractivity contribution < 1.29 is 8.83 Å². The van der Waals surface area contributed by atoms with Crippen molar-refractivity contribution in [1.29, 1.82) is 0 Å². The average molecular weight is 742 g/mol. The maximum Gasteiger partial charge on any atom is 0.164 e. The molecular formula is C53H31N3O2.